The van der Waals surface area contributed by atoms with E-state index in [9.17, 15) is 13.2 Å². The van der Waals surface area contributed by atoms with Gasteiger partial charge in [-0.2, -0.15) is 24.9 Å². The van der Waals surface area contributed by atoms with Crippen LogP contribution < -0.4 is 5.32 Å². The standard InChI is InChI=1S/C11H20F3NS/c1-10(2,3)6-9(11(12,13)14)15-8-4-5-16-7-8/h8-9,15H,4-7H2,1-3H3. The van der Waals surface area contributed by atoms with Crippen molar-refractivity contribution in [2.24, 2.45) is 5.41 Å². The zero-order chi connectivity index (χ0) is 12.4. The van der Waals surface area contributed by atoms with Gasteiger partial charge in [0.2, 0.25) is 0 Å². The molecule has 0 amide bonds. The Morgan fingerprint density at radius 1 is 1.31 bits per heavy atom. The van der Waals surface area contributed by atoms with Gasteiger partial charge in [-0.25, -0.2) is 0 Å². The minimum atomic E-state index is -4.14. The van der Waals surface area contributed by atoms with Crippen LogP contribution in [-0.2, 0) is 0 Å². The fourth-order valence-electron chi connectivity index (χ4n) is 1.83. The average Bonchev–Trinajstić information content (AvgIpc) is 2.51. The van der Waals surface area contributed by atoms with Crippen molar-refractivity contribution in [3.05, 3.63) is 0 Å². The number of alkyl halides is 3. The molecule has 1 N–H and O–H groups in total. The molecule has 0 aromatic heterocycles. The first kappa shape index (κ1) is 14.2. The number of hydrogen-bond acceptors (Lipinski definition) is 2. The number of hydrogen-bond donors (Lipinski definition) is 1. The van der Waals surface area contributed by atoms with Crippen molar-refractivity contribution < 1.29 is 13.2 Å². The van der Waals surface area contributed by atoms with Gasteiger partial charge in [-0.1, -0.05) is 20.8 Å². The molecule has 0 saturated carbocycles. The molecule has 0 bridgehead atoms. The minimum Gasteiger partial charge on any atom is -0.302 e. The summed E-state index contributed by atoms with van der Waals surface area (Å²) in [6, 6.07) is -1.34. The van der Waals surface area contributed by atoms with Crippen molar-refractivity contribution in [2.45, 2.75) is 51.9 Å². The Bertz CT molecular complexity index is 216. The second-order valence-electron chi connectivity index (χ2n) is 5.59. The van der Waals surface area contributed by atoms with Crippen molar-refractivity contribution >= 4 is 11.8 Å². The lowest BCUT2D eigenvalue weighted by Gasteiger charge is -2.30. The van der Waals surface area contributed by atoms with E-state index in [0.29, 0.717) is 0 Å². The van der Waals surface area contributed by atoms with Gasteiger partial charge >= 0.3 is 6.18 Å². The monoisotopic (exact) mass is 255 g/mol. The van der Waals surface area contributed by atoms with Crippen LogP contribution in [0.1, 0.15) is 33.6 Å². The van der Waals surface area contributed by atoms with E-state index >= 15 is 0 Å². The molecule has 1 aliphatic rings. The maximum absolute atomic E-state index is 12.8. The fraction of sp³-hybridized carbons (Fsp3) is 1.00. The molecule has 16 heavy (non-hydrogen) atoms. The predicted molar refractivity (Wildman–Crippen MR) is 62.8 cm³/mol. The summed E-state index contributed by atoms with van der Waals surface area (Å²) in [5.41, 5.74) is -0.307. The van der Waals surface area contributed by atoms with Crippen molar-refractivity contribution in [2.75, 3.05) is 11.5 Å². The van der Waals surface area contributed by atoms with Crippen LogP contribution in [0.15, 0.2) is 0 Å². The van der Waals surface area contributed by atoms with Gasteiger partial charge in [-0.3, -0.25) is 0 Å². The lowest BCUT2D eigenvalue weighted by molar-refractivity contribution is -0.163. The largest absolute Gasteiger partial charge is 0.403 e. The maximum Gasteiger partial charge on any atom is 0.403 e. The molecule has 0 aromatic carbocycles. The van der Waals surface area contributed by atoms with Gasteiger partial charge in [-0.15, -0.1) is 0 Å². The SMILES string of the molecule is CC(C)(C)CC(NC1CCSC1)C(F)(F)F. The Morgan fingerprint density at radius 3 is 2.31 bits per heavy atom. The van der Waals surface area contributed by atoms with Gasteiger partial charge in [0, 0.05) is 11.8 Å². The zero-order valence-electron chi connectivity index (χ0n) is 10.0. The molecule has 1 nitrogen and oxygen atoms in total. The fourth-order valence-corrected chi connectivity index (χ4v) is 3.00. The van der Waals surface area contributed by atoms with Crippen LogP contribution in [0.2, 0.25) is 0 Å². The van der Waals surface area contributed by atoms with Crippen LogP contribution >= 0.6 is 11.8 Å². The van der Waals surface area contributed by atoms with Crippen LogP contribution in [-0.4, -0.2) is 29.8 Å². The number of nitrogens with one attached hydrogen (secondary N) is 1. The summed E-state index contributed by atoms with van der Waals surface area (Å²) < 4.78 is 38.5. The molecule has 1 rings (SSSR count). The summed E-state index contributed by atoms with van der Waals surface area (Å²) in [5, 5.41) is 2.77. The Balaban J connectivity index is 2.57. The minimum absolute atomic E-state index is 0.0268. The van der Waals surface area contributed by atoms with E-state index in [0.717, 1.165) is 17.9 Å². The smallest absolute Gasteiger partial charge is 0.302 e. The average molecular weight is 255 g/mol. The van der Waals surface area contributed by atoms with Crippen LogP contribution in [0.5, 0.6) is 0 Å². The molecule has 1 heterocycles. The molecular formula is C11H20F3NS. The van der Waals surface area contributed by atoms with Crippen LogP contribution in [0.25, 0.3) is 0 Å². The summed E-state index contributed by atoms with van der Waals surface area (Å²) in [5.74, 6) is 1.77. The van der Waals surface area contributed by atoms with Gasteiger partial charge in [0.25, 0.3) is 0 Å². The van der Waals surface area contributed by atoms with E-state index in [4.69, 9.17) is 0 Å². The van der Waals surface area contributed by atoms with Crippen molar-refractivity contribution in [3.8, 4) is 0 Å². The highest BCUT2D eigenvalue weighted by Gasteiger charge is 2.42. The molecule has 1 fully saturated rings. The number of halogens is 3. The molecule has 2 atom stereocenters. The Kier molecular flexibility index (Phi) is 4.57. The summed E-state index contributed by atoms with van der Waals surface area (Å²) in [4.78, 5) is 0. The van der Waals surface area contributed by atoms with Gasteiger partial charge in [0.1, 0.15) is 6.04 Å². The van der Waals surface area contributed by atoms with Crippen LogP contribution in [0.4, 0.5) is 13.2 Å². The molecule has 0 radical (unpaired) electrons. The molecule has 5 heteroatoms. The van der Waals surface area contributed by atoms with E-state index in [1.54, 1.807) is 11.8 Å². The second-order valence-corrected chi connectivity index (χ2v) is 6.74. The summed E-state index contributed by atoms with van der Waals surface area (Å²) in [6.07, 6.45) is -3.15. The maximum atomic E-state index is 12.8. The van der Waals surface area contributed by atoms with E-state index < -0.39 is 12.2 Å². The highest BCUT2D eigenvalue weighted by atomic mass is 32.2. The molecule has 0 aliphatic carbocycles. The first-order valence-electron chi connectivity index (χ1n) is 5.59. The lowest BCUT2D eigenvalue weighted by atomic mass is 9.87. The highest BCUT2D eigenvalue weighted by Crippen LogP contribution is 2.32. The zero-order valence-corrected chi connectivity index (χ0v) is 10.8. The third-order valence-corrected chi connectivity index (χ3v) is 3.74. The third kappa shape index (κ3) is 4.95. The normalized spacial score (nSPS) is 24.8. The number of rotatable bonds is 3. The summed E-state index contributed by atoms with van der Waals surface area (Å²) in [6.45, 7) is 5.53. The summed E-state index contributed by atoms with van der Waals surface area (Å²) >= 11 is 1.72. The highest BCUT2D eigenvalue weighted by molar-refractivity contribution is 7.99. The van der Waals surface area contributed by atoms with Gasteiger partial charge in [-0.05, 0) is 24.0 Å². The lowest BCUT2D eigenvalue weighted by Crippen LogP contribution is -2.49. The predicted octanol–water partition coefficient (Wildman–Crippen LogP) is 3.45. The molecule has 0 aromatic rings. The van der Waals surface area contributed by atoms with Crippen LogP contribution in [0, 0.1) is 5.41 Å². The topological polar surface area (TPSA) is 12.0 Å². The molecular weight excluding hydrogens is 235 g/mol. The quantitative estimate of drug-likeness (QED) is 0.829. The first-order valence-corrected chi connectivity index (χ1v) is 6.74. The molecule has 0 spiro atoms. The second kappa shape index (κ2) is 5.17. The Hall–Kier alpha value is 0.100. The van der Waals surface area contributed by atoms with Crippen molar-refractivity contribution in [1.29, 1.82) is 0 Å². The van der Waals surface area contributed by atoms with E-state index in [1.165, 1.54) is 0 Å². The van der Waals surface area contributed by atoms with E-state index in [-0.39, 0.29) is 17.9 Å². The molecule has 2 unspecified atom stereocenters. The first-order chi connectivity index (χ1) is 7.18. The Labute approximate surface area is 99.6 Å². The molecule has 1 aliphatic heterocycles. The van der Waals surface area contributed by atoms with Gasteiger partial charge in [0.05, 0.1) is 0 Å². The van der Waals surface area contributed by atoms with Gasteiger partial charge < -0.3 is 5.32 Å². The van der Waals surface area contributed by atoms with Crippen molar-refractivity contribution in [3.63, 3.8) is 0 Å². The molecule has 1 saturated heterocycles. The van der Waals surface area contributed by atoms with E-state index in [2.05, 4.69) is 5.32 Å². The Morgan fingerprint density at radius 2 is 1.94 bits per heavy atom. The van der Waals surface area contributed by atoms with Crippen LogP contribution in [0.3, 0.4) is 0 Å². The third-order valence-electron chi connectivity index (χ3n) is 2.58. The van der Waals surface area contributed by atoms with Crippen molar-refractivity contribution in [1.82, 2.24) is 5.32 Å². The van der Waals surface area contributed by atoms with Gasteiger partial charge in [0.15, 0.2) is 0 Å². The van der Waals surface area contributed by atoms with E-state index in [1.807, 2.05) is 20.8 Å². The summed E-state index contributed by atoms with van der Waals surface area (Å²) in [7, 11) is 0. The number of thioether (sulfide) groups is 1. The molecule has 96 valence electrons.